The largest absolute Gasteiger partial charge is 0.491 e. The fourth-order valence-corrected chi connectivity index (χ4v) is 3.60. The van der Waals surface area contributed by atoms with Gasteiger partial charge in [-0.05, 0) is 37.1 Å². The van der Waals surface area contributed by atoms with Gasteiger partial charge in [-0.1, -0.05) is 26.7 Å². The number of hydrogen-bond donors (Lipinski definition) is 2. The number of aliphatic hydroxyl groups is 1. The molecule has 1 aromatic carbocycles. The molecule has 0 spiro atoms. The molecule has 1 atom stereocenters. The maximum atomic E-state index is 12.3. The van der Waals surface area contributed by atoms with Gasteiger partial charge in [0.1, 0.15) is 12.4 Å². The van der Waals surface area contributed by atoms with Crippen molar-refractivity contribution in [2.24, 2.45) is 5.92 Å². The van der Waals surface area contributed by atoms with Gasteiger partial charge in [0, 0.05) is 6.04 Å². The predicted molar refractivity (Wildman–Crippen MR) is 82.9 cm³/mol. The van der Waals surface area contributed by atoms with Crippen molar-refractivity contribution in [3.63, 3.8) is 0 Å². The van der Waals surface area contributed by atoms with Crippen LogP contribution in [-0.4, -0.2) is 32.8 Å². The van der Waals surface area contributed by atoms with Crippen LogP contribution in [-0.2, 0) is 10.0 Å². The Bertz CT molecular complexity index is 509. The third-order valence-corrected chi connectivity index (χ3v) is 5.17. The van der Waals surface area contributed by atoms with Crippen molar-refractivity contribution in [1.29, 1.82) is 0 Å². The molecule has 2 N–H and O–H groups in total. The van der Waals surface area contributed by atoms with Gasteiger partial charge >= 0.3 is 0 Å². The van der Waals surface area contributed by atoms with Crippen molar-refractivity contribution < 1.29 is 18.3 Å². The molecule has 0 heterocycles. The number of benzene rings is 1. The topological polar surface area (TPSA) is 75.6 Å². The van der Waals surface area contributed by atoms with E-state index in [4.69, 9.17) is 9.84 Å². The molecular formula is C15H25NO4S. The van der Waals surface area contributed by atoms with Crippen LogP contribution in [0.2, 0.25) is 0 Å². The van der Waals surface area contributed by atoms with Gasteiger partial charge in [0.2, 0.25) is 10.0 Å². The summed E-state index contributed by atoms with van der Waals surface area (Å²) in [5, 5.41) is 8.68. The highest BCUT2D eigenvalue weighted by Crippen LogP contribution is 2.19. The van der Waals surface area contributed by atoms with E-state index >= 15 is 0 Å². The van der Waals surface area contributed by atoms with Crippen LogP contribution < -0.4 is 9.46 Å². The lowest BCUT2D eigenvalue weighted by Gasteiger charge is -2.22. The Morgan fingerprint density at radius 1 is 1.19 bits per heavy atom. The molecule has 120 valence electrons. The van der Waals surface area contributed by atoms with Gasteiger partial charge in [0.15, 0.2) is 0 Å². The van der Waals surface area contributed by atoms with Crippen LogP contribution in [0.3, 0.4) is 0 Å². The van der Waals surface area contributed by atoms with E-state index in [-0.39, 0.29) is 24.2 Å². The number of sulfonamides is 1. The molecule has 5 nitrogen and oxygen atoms in total. The molecule has 1 rings (SSSR count). The molecule has 6 heteroatoms. The van der Waals surface area contributed by atoms with Crippen LogP contribution in [0, 0.1) is 5.92 Å². The molecule has 0 aliphatic rings. The second-order valence-electron chi connectivity index (χ2n) is 5.03. The fraction of sp³-hybridized carbons (Fsp3) is 0.600. The molecule has 0 fully saturated rings. The van der Waals surface area contributed by atoms with Crippen molar-refractivity contribution in [2.45, 2.75) is 44.6 Å². The molecule has 0 aliphatic carbocycles. The Morgan fingerprint density at radius 2 is 1.76 bits per heavy atom. The van der Waals surface area contributed by atoms with Gasteiger partial charge in [-0.15, -0.1) is 0 Å². The maximum absolute atomic E-state index is 12.3. The lowest BCUT2D eigenvalue weighted by atomic mass is 9.96. The molecule has 0 saturated carbocycles. The van der Waals surface area contributed by atoms with Crippen LogP contribution in [0.5, 0.6) is 5.75 Å². The molecular weight excluding hydrogens is 290 g/mol. The van der Waals surface area contributed by atoms with E-state index in [9.17, 15) is 8.42 Å². The van der Waals surface area contributed by atoms with E-state index in [1.807, 2.05) is 6.92 Å². The fourth-order valence-electron chi connectivity index (χ4n) is 2.28. The zero-order valence-electron chi connectivity index (χ0n) is 12.9. The minimum absolute atomic E-state index is 0.0749. The summed E-state index contributed by atoms with van der Waals surface area (Å²) >= 11 is 0. The minimum Gasteiger partial charge on any atom is -0.491 e. The van der Waals surface area contributed by atoms with Crippen LogP contribution >= 0.6 is 0 Å². The van der Waals surface area contributed by atoms with E-state index in [1.54, 1.807) is 12.1 Å². The number of ether oxygens (including phenoxy) is 1. The van der Waals surface area contributed by atoms with Crippen molar-refractivity contribution >= 4 is 10.0 Å². The number of rotatable bonds is 9. The summed E-state index contributed by atoms with van der Waals surface area (Å²) in [7, 11) is -3.52. The van der Waals surface area contributed by atoms with Crippen molar-refractivity contribution in [3.05, 3.63) is 24.3 Å². The lowest BCUT2D eigenvalue weighted by Crippen LogP contribution is -2.37. The number of hydrogen-bond acceptors (Lipinski definition) is 4. The third-order valence-electron chi connectivity index (χ3n) is 3.59. The quantitative estimate of drug-likeness (QED) is 0.732. The van der Waals surface area contributed by atoms with Crippen LogP contribution in [0.15, 0.2) is 29.2 Å². The van der Waals surface area contributed by atoms with Gasteiger partial charge in [0.05, 0.1) is 11.5 Å². The Morgan fingerprint density at radius 3 is 2.24 bits per heavy atom. The Kier molecular flexibility index (Phi) is 7.14. The summed E-state index contributed by atoms with van der Waals surface area (Å²) in [6.45, 7) is 6.14. The average molecular weight is 315 g/mol. The second kappa shape index (κ2) is 8.36. The third kappa shape index (κ3) is 5.30. The molecule has 1 aromatic rings. The summed E-state index contributed by atoms with van der Waals surface area (Å²) in [4.78, 5) is 0.219. The molecule has 0 aromatic heterocycles. The second-order valence-corrected chi connectivity index (χ2v) is 6.74. The first kappa shape index (κ1) is 17.9. The van der Waals surface area contributed by atoms with Crippen molar-refractivity contribution in [1.82, 2.24) is 4.72 Å². The Hall–Kier alpha value is -1.11. The molecule has 1 unspecified atom stereocenters. The van der Waals surface area contributed by atoms with Crippen molar-refractivity contribution in [3.8, 4) is 5.75 Å². The van der Waals surface area contributed by atoms with E-state index in [1.165, 1.54) is 12.1 Å². The zero-order chi connectivity index (χ0) is 15.9. The first-order valence-corrected chi connectivity index (χ1v) is 8.79. The van der Waals surface area contributed by atoms with E-state index in [0.29, 0.717) is 11.7 Å². The monoisotopic (exact) mass is 315 g/mol. The summed E-state index contributed by atoms with van der Waals surface area (Å²) < 4.78 is 32.6. The minimum atomic E-state index is -3.52. The smallest absolute Gasteiger partial charge is 0.240 e. The zero-order valence-corrected chi connectivity index (χ0v) is 13.7. The van der Waals surface area contributed by atoms with Gasteiger partial charge in [-0.2, -0.15) is 0 Å². The van der Waals surface area contributed by atoms with Gasteiger partial charge < -0.3 is 9.84 Å². The molecule has 0 saturated heterocycles. The first-order valence-electron chi connectivity index (χ1n) is 7.30. The molecule has 0 amide bonds. The Labute approximate surface area is 127 Å². The highest BCUT2D eigenvalue weighted by molar-refractivity contribution is 7.89. The highest BCUT2D eigenvalue weighted by atomic mass is 32.2. The van der Waals surface area contributed by atoms with Gasteiger partial charge in [-0.3, -0.25) is 0 Å². The van der Waals surface area contributed by atoms with Gasteiger partial charge in [-0.25, -0.2) is 13.1 Å². The SMILES string of the molecule is CCC(CC)C(C)NS(=O)(=O)c1ccc(OCCO)cc1. The van der Waals surface area contributed by atoms with Crippen LogP contribution in [0.1, 0.15) is 33.6 Å². The molecule has 0 aliphatic heterocycles. The van der Waals surface area contributed by atoms with E-state index in [0.717, 1.165) is 12.8 Å². The van der Waals surface area contributed by atoms with E-state index < -0.39 is 10.0 Å². The highest BCUT2D eigenvalue weighted by Gasteiger charge is 2.21. The lowest BCUT2D eigenvalue weighted by molar-refractivity contribution is 0.201. The van der Waals surface area contributed by atoms with Crippen LogP contribution in [0.4, 0.5) is 0 Å². The molecule has 21 heavy (non-hydrogen) atoms. The standard InChI is InChI=1S/C15H25NO4S/c1-4-13(5-2)12(3)16-21(18,19)15-8-6-14(7-9-15)20-11-10-17/h6-9,12-13,16-17H,4-5,10-11H2,1-3H3. The van der Waals surface area contributed by atoms with Crippen LogP contribution in [0.25, 0.3) is 0 Å². The summed E-state index contributed by atoms with van der Waals surface area (Å²) in [5.74, 6) is 0.864. The Balaban J connectivity index is 2.78. The summed E-state index contributed by atoms with van der Waals surface area (Å²) in [6, 6.07) is 6.09. The summed E-state index contributed by atoms with van der Waals surface area (Å²) in [5.41, 5.74) is 0. The molecule has 0 radical (unpaired) electrons. The number of aliphatic hydroxyl groups excluding tert-OH is 1. The van der Waals surface area contributed by atoms with E-state index in [2.05, 4.69) is 18.6 Å². The van der Waals surface area contributed by atoms with Gasteiger partial charge in [0.25, 0.3) is 0 Å². The summed E-state index contributed by atoms with van der Waals surface area (Å²) in [6.07, 6.45) is 1.88. The number of nitrogens with one attached hydrogen (secondary N) is 1. The average Bonchev–Trinajstić information content (AvgIpc) is 2.46. The predicted octanol–water partition coefficient (Wildman–Crippen LogP) is 2.16. The first-order chi connectivity index (χ1) is 9.94. The maximum Gasteiger partial charge on any atom is 0.240 e. The molecule has 0 bridgehead atoms. The van der Waals surface area contributed by atoms with Crippen molar-refractivity contribution in [2.75, 3.05) is 13.2 Å². The normalized spacial score (nSPS) is 13.4.